The molecule has 0 amide bonds. The first-order valence-corrected chi connectivity index (χ1v) is 6.57. The van der Waals surface area contributed by atoms with Crippen molar-refractivity contribution < 1.29 is 9.53 Å². The van der Waals surface area contributed by atoms with Crippen LogP contribution in [-0.2, 0) is 4.74 Å². The number of methoxy groups -OCH3 is 1. The number of carbonyl (C=O) groups is 1. The topological polar surface area (TPSA) is 38.3 Å². The Bertz CT molecular complexity index is 401. The van der Waals surface area contributed by atoms with Gasteiger partial charge in [-0.1, -0.05) is 31.9 Å². The fraction of sp³-hybridized carbons (Fsp3) is 0.533. The molecule has 1 N–H and O–H groups in total. The summed E-state index contributed by atoms with van der Waals surface area (Å²) in [4.78, 5) is 11.8. The summed E-state index contributed by atoms with van der Waals surface area (Å²) in [7, 11) is 1.41. The minimum absolute atomic E-state index is 0.285. The first-order valence-electron chi connectivity index (χ1n) is 6.57. The summed E-state index contributed by atoms with van der Waals surface area (Å²) in [5, 5.41) is 3.44. The number of hydrogen-bond acceptors (Lipinski definition) is 3. The highest BCUT2D eigenvalue weighted by Crippen LogP contribution is 2.21. The summed E-state index contributed by atoms with van der Waals surface area (Å²) >= 11 is 0. The number of rotatable bonds is 6. The van der Waals surface area contributed by atoms with Crippen LogP contribution in [0.1, 0.15) is 49.0 Å². The number of ether oxygens (including phenoxy) is 1. The zero-order chi connectivity index (χ0) is 13.5. The summed E-state index contributed by atoms with van der Waals surface area (Å²) < 4.78 is 4.83. The highest BCUT2D eigenvalue weighted by atomic mass is 16.5. The number of carbonyl (C=O) groups excluding carboxylic acids is 1. The lowest BCUT2D eigenvalue weighted by Crippen LogP contribution is -2.20. The van der Waals surface area contributed by atoms with Crippen molar-refractivity contribution in [2.45, 2.75) is 46.1 Å². The van der Waals surface area contributed by atoms with Crippen LogP contribution >= 0.6 is 0 Å². The van der Waals surface area contributed by atoms with Crippen LogP contribution in [0.2, 0.25) is 0 Å². The molecule has 18 heavy (non-hydrogen) atoms. The molecule has 0 aliphatic carbocycles. The number of nitrogens with one attached hydrogen (secondary N) is 1. The Hall–Kier alpha value is -1.51. The van der Waals surface area contributed by atoms with Crippen LogP contribution in [0.25, 0.3) is 0 Å². The lowest BCUT2D eigenvalue weighted by Gasteiger charge is -2.19. The minimum Gasteiger partial charge on any atom is -0.465 e. The van der Waals surface area contributed by atoms with Crippen LogP contribution in [-0.4, -0.2) is 19.1 Å². The monoisotopic (exact) mass is 249 g/mol. The Labute approximate surface area is 110 Å². The zero-order valence-corrected chi connectivity index (χ0v) is 11.7. The van der Waals surface area contributed by atoms with E-state index in [0.717, 1.165) is 30.5 Å². The fourth-order valence-electron chi connectivity index (χ4n) is 2.01. The molecule has 0 bridgehead atoms. The van der Waals surface area contributed by atoms with Crippen molar-refractivity contribution in [3.8, 4) is 0 Å². The normalized spacial score (nSPS) is 12.0. The SMILES string of the molecule is CCCC(CC)Nc1ccc(C)cc1C(=O)OC. The molecule has 3 heteroatoms. The number of hydrogen-bond donors (Lipinski definition) is 1. The van der Waals surface area contributed by atoms with Crippen molar-refractivity contribution in [2.24, 2.45) is 0 Å². The molecular formula is C15H23NO2. The highest BCUT2D eigenvalue weighted by Gasteiger charge is 2.14. The number of benzene rings is 1. The zero-order valence-electron chi connectivity index (χ0n) is 11.7. The molecule has 1 atom stereocenters. The maximum Gasteiger partial charge on any atom is 0.339 e. The van der Waals surface area contributed by atoms with Gasteiger partial charge < -0.3 is 10.1 Å². The van der Waals surface area contributed by atoms with E-state index in [9.17, 15) is 4.79 Å². The van der Waals surface area contributed by atoms with Gasteiger partial charge in [0.1, 0.15) is 0 Å². The van der Waals surface area contributed by atoms with Gasteiger partial charge in [-0.05, 0) is 31.9 Å². The molecule has 0 aliphatic rings. The van der Waals surface area contributed by atoms with Crippen molar-refractivity contribution in [3.63, 3.8) is 0 Å². The predicted molar refractivity (Wildman–Crippen MR) is 75.1 cm³/mol. The number of aryl methyl sites for hydroxylation is 1. The molecule has 0 fully saturated rings. The average Bonchev–Trinajstić information content (AvgIpc) is 2.39. The van der Waals surface area contributed by atoms with E-state index in [0.29, 0.717) is 11.6 Å². The van der Waals surface area contributed by atoms with Crippen LogP contribution in [0.4, 0.5) is 5.69 Å². The Morgan fingerprint density at radius 1 is 1.39 bits per heavy atom. The Kier molecular flexibility index (Phi) is 5.69. The second-order valence-corrected chi connectivity index (χ2v) is 4.58. The molecule has 0 saturated heterocycles. The largest absolute Gasteiger partial charge is 0.465 e. The van der Waals surface area contributed by atoms with E-state index in [1.165, 1.54) is 7.11 Å². The average molecular weight is 249 g/mol. The Morgan fingerprint density at radius 3 is 2.67 bits per heavy atom. The van der Waals surface area contributed by atoms with Crippen molar-refractivity contribution in [1.29, 1.82) is 0 Å². The second-order valence-electron chi connectivity index (χ2n) is 4.58. The molecule has 0 aromatic heterocycles. The van der Waals surface area contributed by atoms with Crippen LogP contribution in [0.15, 0.2) is 18.2 Å². The van der Waals surface area contributed by atoms with E-state index in [1.54, 1.807) is 0 Å². The maximum atomic E-state index is 11.8. The number of anilines is 1. The van der Waals surface area contributed by atoms with E-state index in [-0.39, 0.29) is 5.97 Å². The first kappa shape index (κ1) is 14.6. The summed E-state index contributed by atoms with van der Waals surface area (Å²) in [5.74, 6) is -0.285. The van der Waals surface area contributed by atoms with Gasteiger partial charge in [0.05, 0.1) is 12.7 Å². The predicted octanol–water partition coefficient (Wildman–Crippen LogP) is 3.77. The van der Waals surface area contributed by atoms with E-state index in [4.69, 9.17) is 4.74 Å². The van der Waals surface area contributed by atoms with Gasteiger partial charge in [0, 0.05) is 11.7 Å². The van der Waals surface area contributed by atoms with E-state index in [2.05, 4.69) is 19.2 Å². The molecule has 1 aromatic carbocycles. The standard InChI is InChI=1S/C15H23NO2/c1-5-7-12(6-2)16-14-9-8-11(3)10-13(14)15(17)18-4/h8-10,12,16H,5-7H2,1-4H3. The van der Waals surface area contributed by atoms with Gasteiger partial charge in [-0.15, -0.1) is 0 Å². The van der Waals surface area contributed by atoms with Gasteiger partial charge in [-0.3, -0.25) is 0 Å². The van der Waals surface area contributed by atoms with E-state index < -0.39 is 0 Å². The first-order chi connectivity index (χ1) is 8.62. The fourth-order valence-corrected chi connectivity index (χ4v) is 2.01. The molecular weight excluding hydrogens is 226 g/mol. The molecule has 1 rings (SSSR count). The Balaban J connectivity index is 2.96. The quantitative estimate of drug-likeness (QED) is 0.780. The molecule has 3 nitrogen and oxygen atoms in total. The third-order valence-electron chi connectivity index (χ3n) is 3.07. The molecule has 100 valence electrons. The van der Waals surface area contributed by atoms with Crippen molar-refractivity contribution in [3.05, 3.63) is 29.3 Å². The van der Waals surface area contributed by atoms with Crippen molar-refractivity contribution in [2.75, 3.05) is 12.4 Å². The summed E-state index contributed by atoms with van der Waals surface area (Å²) in [6.07, 6.45) is 3.28. The van der Waals surface area contributed by atoms with Crippen molar-refractivity contribution in [1.82, 2.24) is 0 Å². The molecule has 1 aromatic rings. The molecule has 0 aliphatic heterocycles. The molecule has 0 saturated carbocycles. The molecule has 1 unspecified atom stereocenters. The van der Waals surface area contributed by atoms with Gasteiger partial charge in [-0.2, -0.15) is 0 Å². The lowest BCUT2D eigenvalue weighted by atomic mass is 10.1. The van der Waals surface area contributed by atoms with Gasteiger partial charge >= 0.3 is 5.97 Å². The molecule has 0 spiro atoms. The smallest absolute Gasteiger partial charge is 0.339 e. The minimum atomic E-state index is -0.285. The van der Waals surface area contributed by atoms with E-state index >= 15 is 0 Å². The summed E-state index contributed by atoms with van der Waals surface area (Å²) in [5.41, 5.74) is 2.55. The van der Waals surface area contributed by atoms with Gasteiger partial charge in [-0.25, -0.2) is 4.79 Å². The molecule has 0 heterocycles. The van der Waals surface area contributed by atoms with E-state index in [1.807, 2.05) is 25.1 Å². The lowest BCUT2D eigenvalue weighted by molar-refractivity contribution is 0.0601. The van der Waals surface area contributed by atoms with Crippen LogP contribution < -0.4 is 5.32 Å². The summed E-state index contributed by atoms with van der Waals surface area (Å²) in [6.45, 7) is 6.29. The van der Waals surface area contributed by atoms with Crippen LogP contribution in [0.5, 0.6) is 0 Å². The van der Waals surface area contributed by atoms with Crippen LogP contribution in [0, 0.1) is 6.92 Å². The third kappa shape index (κ3) is 3.76. The maximum absolute atomic E-state index is 11.8. The second kappa shape index (κ2) is 7.04. The highest BCUT2D eigenvalue weighted by molar-refractivity contribution is 5.95. The van der Waals surface area contributed by atoms with Crippen LogP contribution in [0.3, 0.4) is 0 Å². The Morgan fingerprint density at radius 2 is 2.11 bits per heavy atom. The molecule has 0 radical (unpaired) electrons. The third-order valence-corrected chi connectivity index (χ3v) is 3.07. The number of esters is 1. The van der Waals surface area contributed by atoms with Crippen molar-refractivity contribution >= 4 is 11.7 Å². The van der Waals surface area contributed by atoms with Gasteiger partial charge in [0.25, 0.3) is 0 Å². The van der Waals surface area contributed by atoms with Gasteiger partial charge in [0.2, 0.25) is 0 Å². The van der Waals surface area contributed by atoms with Gasteiger partial charge in [0.15, 0.2) is 0 Å². The summed E-state index contributed by atoms with van der Waals surface area (Å²) in [6, 6.07) is 6.24.